The predicted octanol–water partition coefficient (Wildman–Crippen LogP) is 0.373. The summed E-state index contributed by atoms with van der Waals surface area (Å²) in [5, 5.41) is 16.8. The molecular weight excluding hydrogens is 160 g/mol. The average Bonchev–Trinajstić information content (AvgIpc) is 2.04. The van der Waals surface area contributed by atoms with E-state index in [-0.39, 0.29) is 6.29 Å². The van der Waals surface area contributed by atoms with Gasteiger partial charge in [0.1, 0.15) is 0 Å². The second-order valence-corrected chi connectivity index (χ2v) is 2.52. The second-order valence-electron chi connectivity index (χ2n) is 2.52. The molecule has 2 unspecified atom stereocenters. The van der Waals surface area contributed by atoms with Crippen LogP contribution in [0.3, 0.4) is 0 Å². The van der Waals surface area contributed by atoms with Crippen molar-refractivity contribution in [1.82, 2.24) is 0 Å². The molecule has 0 aromatic rings. The van der Waals surface area contributed by atoms with Crippen LogP contribution < -0.4 is 0 Å². The van der Waals surface area contributed by atoms with E-state index in [2.05, 4.69) is 9.47 Å². The van der Waals surface area contributed by atoms with Gasteiger partial charge >= 0.3 is 0 Å². The zero-order chi connectivity index (χ0) is 10.1. The van der Waals surface area contributed by atoms with Crippen LogP contribution in [-0.4, -0.2) is 42.9 Å². The molecule has 0 aliphatic carbocycles. The van der Waals surface area contributed by atoms with Crippen LogP contribution in [0.2, 0.25) is 0 Å². The van der Waals surface area contributed by atoms with Crippen molar-refractivity contribution < 1.29 is 19.7 Å². The smallest absolute Gasteiger partial charge is 0.154 e. The standard InChI is InChI=1S/2C4H10O2/c1-4(5-2)6-3;1-3(5)4(2)6/h4H,1-3H3;3-6H,1-2H3. The van der Waals surface area contributed by atoms with Gasteiger partial charge in [0.2, 0.25) is 0 Å². The van der Waals surface area contributed by atoms with Gasteiger partial charge in [-0.2, -0.15) is 0 Å². The highest BCUT2D eigenvalue weighted by Gasteiger charge is 1.99. The molecule has 0 saturated heterocycles. The SMILES string of the molecule is CC(O)C(C)O.COC(C)OC. The summed E-state index contributed by atoms with van der Waals surface area (Å²) in [4.78, 5) is 0. The highest BCUT2D eigenvalue weighted by Crippen LogP contribution is 1.85. The number of aliphatic hydroxyl groups excluding tert-OH is 2. The van der Waals surface area contributed by atoms with Gasteiger partial charge in [-0.05, 0) is 20.8 Å². The molecule has 0 radical (unpaired) electrons. The van der Waals surface area contributed by atoms with Crippen molar-refractivity contribution >= 4 is 0 Å². The molecule has 0 bridgehead atoms. The molecule has 76 valence electrons. The van der Waals surface area contributed by atoms with Crippen molar-refractivity contribution in [3.05, 3.63) is 0 Å². The summed E-state index contributed by atoms with van der Waals surface area (Å²) in [7, 11) is 3.21. The molecule has 12 heavy (non-hydrogen) atoms. The quantitative estimate of drug-likeness (QED) is 0.616. The normalized spacial score (nSPS) is 15.0. The summed E-state index contributed by atoms with van der Waals surface area (Å²) in [5.41, 5.74) is 0. The van der Waals surface area contributed by atoms with E-state index in [0.717, 1.165) is 0 Å². The monoisotopic (exact) mass is 180 g/mol. The largest absolute Gasteiger partial charge is 0.391 e. The van der Waals surface area contributed by atoms with E-state index < -0.39 is 12.2 Å². The maximum Gasteiger partial charge on any atom is 0.154 e. The van der Waals surface area contributed by atoms with Crippen molar-refractivity contribution in [2.45, 2.75) is 39.3 Å². The second kappa shape index (κ2) is 8.93. The molecule has 0 aromatic heterocycles. The van der Waals surface area contributed by atoms with E-state index in [1.807, 2.05) is 6.92 Å². The van der Waals surface area contributed by atoms with Gasteiger partial charge < -0.3 is 19.7 Å². The summed E-state index contributed by atoms with van der Waals surface area (Å²) in [5.74, 6) is 0. The maximum absolute atomic E-state index is 8.38. The Morgan fingerprint density at radius 1 is 0.833 bits per heavy atom. The van der Waals surface area contributed by atoms with E-state index in [0.29, 0.717) is 0 Å². The van der Waals surface area contributed by atoms with Crippen LogP contribution in [0.25, 0.3) is 0 Å². The summed E-state index contributed by atoms with van der Waals surface area (Å²) >= 11 is 0. The van der Waals surface area contributed by atoms with Gasteiger partial charge in [-0.3, -0.25) is 0 Å². The Labute approximate surface area is 74.1 Å². The molecule has 0 aliphatic heterocycles. The Hall–Kier alpha value is -0.160. The Balaban J connectivity index is 0. The van der Waals surface area contributed by atoms with Gasteiger partial charge in [-0.15, -0.1) is 0 Å². The molecule has 0 saturated carbocycles. The first-order valence-corrected chi connectivity index (χ1v) is 3.87. The predicted molar refractivity (Wildman–Crippen MR) is 46.8 cm³/mol. The molecule has 0 spiro atoms. The molecule has 0 fully saturated rings. The molecule has 0 rings (SSSR count). The number of hydrogen-bond acceptors (Lipinski definition) is 4. The molecule has 0 amide bonds. The van der Waals surface area contributed by atoms with E-state index in [1.54, 1.807) is 28.1 Å². The Morgan fingerprint density at radius 2 is 1.08 bits per heavy atom. The number of aliphatic hydroxyl groups is 2. The fourth-order valence-corrected chi connectivity index (χ4v) is 0.0962. The average molecular weight is 180 g/mol. The third kappa shape index (κ3) is 12.5. The number of methoxy groups -OCH3 is 2. The topological polar surface area (TPSA) is 58.9 Å². The van der Waals surface area contributed by atoms with Crippen molar-refractivity contribution in [2.24, 2.45) is 0 Å². The molecule has 2 N–H and O–H groups in total. The van der Waals surface area contributed by atoms with Crippen LogP contribution in [0.15, 0.2) is 0 Å². The fourth-order valence-electron chi connectivity index (χ4n) is 0.0962. The van der Waals surface area contributed by atoms with E-state index in [1.165, 1.54) is 0 Å². The molecule has 2 atom stereocenters. The van der Waals surface area contributed by atoms with Crippen molar-refractivity contribution in [3.63, 3.8) is 0 Å². The molecule has 4 nitrogen and oxygen atoms in total. The first-order valence-electron chi connectivity index (χ1n) is 3.87. The van der Waals surface area contributed by atoms with Crippen molar-refractivity contribution in [1.29, 1.82) is 0 Å². The van der Waals surface area contributed by atoms with Gasteiger partial charge in [0.15, 0.2) is 6.29 Å². The molecular formula is C8H20O4. The van der Waals surface area contributed by atoms with Crippen LogP contribution in [0.4, 0.5) is 0 Å². The van der Waals surface area contributed by atoms with Crippen LogP contribution in [0.1, 0.15) is 20.8 Å². The lowest BCUT2D eigenvalue weighted by atomic mass is 10.3. The van der Waals surface area contributed by atoms with Crippen LogP contribution in [-0.2, 0) is 9.47 Å². The number of hydrogen-bond donors (Lipinski definition) is 2. The summed E-state index contributed by atoms with van der Waals surface area (Å²) in [6, 6.07) is 0. The minimum atomic E-state index is -0.593. The first-order chi connectivity index (χ1) is 5.45. The van der Waals surface area contributed by atoms with Gasteiger partial charge in [0, 0.05) is 14.2 Å². The zero-order valence-electron chi connectivity index (χ0n) is 8.44. The lowest BCUT2D eigenvalue weighted by Gasteiger charge is -2.03. The third-order valence-electron chi connectivity index (χ3n) is 1.36. The Bertz CT molecular complexity index is 73.1. The number of rotatable bonds is 3. The van der Waals surface area contributed by atoms with Gasteiger partial charge in [-0.25, -0.2) is 0 Å². The summed E-state index contributed by atoms with van der Waals surface area (Å²) < 4.78 is 9.35. The van der Waals surface area contributed by atoms with Crippen molar-refractivity contribution in [3.8, 4) is 0 Å². The molecule has 4 heteroatoms. The van der Waals surface area contributed by atoms with E-state index in [4.69, 9.17) is 10.2 Å². The van der Waals surface area contributed by atoms with Gasteiger partial charge in [0.05, 0.1) is 12.2 Å². The minimum Gasteiger partial charge on any atom is -0.391 e. The Kier molecular flexibility index (Phi) is 10.7. The molecule has 0 heterocycles. The summed E-state index contributed by atoms with van der Waals surface area (Å²) in [6.45, 7) is 4.93. The lowest BCUT2D eigenvalue weighted by Crippen LogP contribution is -2.17. The van der Waals surface area contributed by atoms with Crippen molar-refractivity contribution in [2.75, 3.05) is 14.2 Å². The maximum atomic E-state index is 8.38. The Morgan fingerprint density at radius 3 is 1.08 bits per heavy atom. The highest BCUT2D eigenvalue weighted by molar-refractivity contribution is 4.50. The van der Waals surface area contributed by atoms with Gasteiger partial charge in [-0.1, -0.05) is 0 Å². The lowest BCUT2D eigenvalue weighted by molar-refractivity contribution is -0.0877. The third-order valence-corrected chi connectivity index (χ3v) is 1.36. The fraction of sp³-hybridized carbons (Fsp3) is 1.00. The highest BCUT2D eigenvalue weighted by atomic mass is 16.7. The van der Waals surface area contributed by atoms with Crippen LogP contribution in [0.5, 0.6) is 0 Å². The van der Waals surface area contributed by atoms with Crippen LogP contribution >= 0.6 is 0 Å². The van der Waals surface area contributed by atoms with E-state index in [9.17, 15) is 0 Å². The minimum absolute atomic E-state index is 0.0648. The first kappa shape index (κ1) is 14.4. The van der Waals surface area contributed by atoms with Crippen LogP contribution in [0, 0.1) is 0 Å². The molecule has 0 aliphatic rings. The number of ether oxygens (including phenoxy) is 2. The summed E-state index contributed by atoms with van der Waals surface area (Å²) in [6.07, 6.45) is -1.25. The van der Waals surface area contributed by atoms with Gasteiger partial charge in [0.25, 0.3) is 0 Å². The zero-order valence-corrected chi connectivity index (χ0v) is 8.44. The van der Waals surface area contributed by atoms with E-state index >= 15 is 0 Å². The molecule has 0 aromatic carbocycles.